The van der Waals surface area contributed by atoms with E-state index in [0.717, 1.165) is 0 Å². The zero-order valence-electron chi connectivity index (χ0n) is 17.0. The van der Waals surface area contributed by atoms with Crippen LogP contribution in [-0.2, 0) is 0 Å². The minimum Gasteiger partial charge on any atom is -0.503 e. The molecule has 0 atom stereocenters. The Kier molecular flexibility index (Phi) is 5.39. The molecule has 0 spiro atoms. The molecule has 4 rings (SSSR count). The number of nitrogens with zero attached hydrogens (tertiary/aromatic N) is 1. The molecule has 1 heterocycles. The van der Waals surface area contributed by atoms with Gasteiger partial charge in [0.2, 0.25) is 5.88 Å². The van der Waals surface area contributed by atoms with Gasteiger partial charge >= 0.3 is 5.97 Å². The lowest BCUT2D eigenvalue weighted by Crippen LogP contribution is -2.05. The van der Waals surface area contributed by atoms with Gasteiger partial charge in [0.25, 0.3) is 0 Å². The summed E-state index contributed by atoms with van der Waals surface area (Å²) in [5, 5.41) is 30.8. The Morgan fingerprint density at radius 1 is 0.812 bits per heavy atom. The number of aromatic carboxylic acids is 1. The van der Waals surface area contributed by atoms with E-state index in [4.69, 9.17) is 4.74 Å². The number of aromatic hydroxyl groups is 2. The summed E-state index contributed by atoms with van der Waals surface area (Å²) >= 11 is 0. The summed E-state index contributed by atoms with van der Waals surface area (Å²) in [7, 11) is 1.53. The highest BCUT2D eigenvalue weighted by Gasteiger charge is 2.29. The van der Waals surface area contributed by atoms with Crippen LogP contribution in [0.3, 0.4) is 0 Å². The van der Waals surface area contributed by atoms with E-state index in [-0.39, 0.29) is 16.8 Å². The predicted octanol–water partition coefficient (Wildman–Crippen LogP) is 4.49. The molecule has 32 heavy (non-hydrogen) atoms. The fourth-order valence-corrected chi connectivity index (χ4v) is 3.52. The van der Waals surface area contributed by atoms with Crippen LogP contribution in [0.4, 0.5) is 0 Å². The fraction of sp³-hybridized carbons (Fsp3) is 0.0400. The van der Waals surface area contributed by atoms with E-state index in [9.17, 15) is 24.9 Å². The number of carboxylic acids is 1. The smallest absolute Gasteiger partial charge is 0.335 e. The third-order valence-corrected chi connectivity index (χ3v) is 5.12. The second-order valence-corrected chi connectivity index (χ2v) is 7.01. The van der Waals surface area contributed by atoms with E-state index < -0.39 is 23.4 Å². The molecule has 160 valence electrons. The Morgan fingerprint density at radius 2 is 1.44 bits per heavy atom. The Bertz CT molecular complexity index is 1290. The van der Waals surface area contributed by atoms with Crippen LogP contribution >= 0.6 is 0 Å². The number of carboxylic acid groups (broad SMARTS) is 1. The number of ether oxygens (including phenoxy) is 1. The van der Waals surface area contributed by atoms with Gasteiger partial charge < -0.3 is 20.1 Å². The van der Waals surface area contributed by atoms with Gasteiger partial charge in [-0.05, 0) is 54.1 Å². The molecule has 0 saturated heterocycles. The fourth-order valence-electron chi connectivity index (χ4n) is 3.52. The topological polar surface area (TPSA) is 109 Å². The number of rotatable bonds is 6. The molecule has 7 nitrogen and oxygen atoms in total. The summed E-state index contributed by atoms with van der Waals surface area (Å²) in [4.78, 5) is 24.6. The standard InChI is InChI=1S/C25H19NO6/c1-32-19-13-9-15(10-14-19)21-20(22(27)16-5-3-2-4-6-16)23(28)24(29)26(21)18-11-7-17(8-12-18)25(30)31/h2-14,28-29H,1H3,(H,30,31). The molecule has 0 radical (unpaired) electrons. The number of benzene rings is 3. The van der Waals surface area contributed by atoms with Crippen LogP contribution in [0, 0.1) is 0 Å². The SMILES string of the molecule is COc1ccc(-c2c(C(=O)c3ccccc3)c(O)c(O)n2-c2ccc(C(=O)O)cc2)cc1. The van der Waals surface area contributed by atoms with Crippen molar-refractivity contribution < 1.29 is 29.6 Å². The van der Waals surface area contributed by atoms with E-state index in [2.05, 4.69) is 0 Å². The molecule has 7 heteroatoms. The van der Waals surface area contributed by atoms with Crippen molar-refractivity contribution >= 4 is 11.8 Å². The Balaban J connectivity index is 1.98. The van der Waals surface area contributed by atoms with Crippen LogP contribution in [0.5, 0.6) is 17.4 Å². The molecular weight excluding hydrogens is 410 g/mol. The Labute approximate surface area is 183 Å². The van der Waals surface area contributed by atoms with E-state index >= 15 is 0 Å². The molecule has 0 aliphatic heterocycles. The van der Waals surface area contributed by atoms with Gasteiger partial charge in [0.05, 0.1) is 23.9 Å². The molecule has 0 amide bonds. The Hall–Kier alpha value is -4.52. The minimum atomic E-state index is -1.09. The first-order chi connectivity index (χ1) is 15.4. The number of hydrogen-bond acceptors (Lipinski definition) is 5. The molecule has 0 aliphatic carbocycles. The maximum atomic E-state index is 13.3. The summed E-state index contributed by atoms with van der Waals surface area (Å²) in [6.07, 6.45) is 0. The molecular formula is C25H19NO6. The lowest BCUT2D eigenvalue weighted by molar-refractivity contribution is 0.0696. The van der Waals surface area contributed by atoms with Crippen molar-refractivity contribution in [2.45, 2.75) is 0 Å². The summed E-state index contributed by atoms with van der Waals surface area (Å²) in [6, 6.07) is 21.0. The number of carbonyl (C=O) groups excluding carboxylic acids is 1. The van der Waals surface area contributed by atoms with Crippen LogP contribution in [0.1, 0.15) is 26.3 Å². The first-order valence-corrected chi connectivity index (χ1v) is 9.67. The molecule has 1 aromatic heterocycles. The van der Waals surface area contributed by atoms with Gasteiger partial charge in [-0.3, -0.25) is 9.36 Å². The van der Waals surface area contributed by atoms with Gasteiger partial charge in [0, 0.05) is 11.3 Å². The van der Waals surface area contributed by atoms with Crippen molar-refractivity contribution in [2.24, 2.45) is 0 Å². The summed E-state index contributed by atoms with van der Waals surface area (Å²) in [5.74, 6) is -2.05. The van der Waals surface area contributed by atoms with Crippen molar-refractivity contribution in [1.29, 1.82) is 0 Å². The first-order valence-electron chi connectivity index (χ1n) is 9.67. The highest BCUT2D eigenvalue weighted by atomic mass is 16.5. The van der Waals surface area contributed by atoms with Gasteiger partial charge in [-0.15, -0.1) is 0 Å². The van der Waals surface area contributed by atoms with E-state index in [1.807, 2.05) is 0 Å². The van der Waals surface area contributed by atoms with E-state index in [1.165, 1.54) is 35.9 Å². The maximum absolute atomic E-state index is 13.3. The predicted molar refractivity (Wildman–Crippen MR) is 118 cm³/mol. The zero-order valence-corrected chi connectivity index (χ0v) is 17.0. The normalized spacial score (nSPS) is 10.7. The number of aromatic nitrogens is 1. The molecule has 3 N–H and O–H groups in total. The molecule has 0 fully saturated rings. The maximum Gasteiger partial charge on any atom is 0.335 e. The quantitative estimate of drug-likeness (QED) is 0.390. The number of ketones is 1. The molecule has 0 saturated carbocycles. The first kappa shape index (κ1) is 20.7. The average molecular weight is 429 g/mol. The van der Waals surface area contributed by atoms with Crippen LogP contribution in [0.15, 0.2) is 78.9 Å². The van der Waals surface area contributed by atoms with Crippen LogP contribution < -0.4 is 4.74 Å². The number of carbonyl (C=O) groups is 2. The lowest BCUT2D eigenvalue weighted by Gasteiger charge is -2.13. The minimum absolute atomic E-state index is 0.0659. The van der Waals surface area contributed by atoms with Crippen molar-refractivity contribution in [3.8, 4) is 34.3 Å². The average Bonchev–Trinajstić information content (AvgIpc) is 3.09. The number of hydrogen-bond donors (Lipinski definition) is 3. The van der Waals surface area contributed by atoms with Gasteiger partial charge in [-0.2, -0.15) is 0 Å². The highest BCUT2D eigenvalue weighted by molar-refractivity contribution is 6.15. The summed E-state index contributed by atoms with van der Waals surface area (Å²) < 4.78 is 6.52. The van der Waals surface area contributed by atoms with Gasteiger partial charge in [0.1, 0.15) is 5.75 Å². The molecule has 3 aromatic carbocycles. The van der Waals surface area contributed by atoms with Crippen molar-refractivity contribution in [1.82, 2.24) is 4.57 Å². The van der Waals surface area contributed by atoms with Crippen LogP contribution in [-0.4, -0.2) is 38.7 Å². The third-order valence-electron chi connectivity index (χ3n) is 5.12. The largest absolute Gasteiger partial charge is 0.503 e. The second-order valence-electron chi connectivity index (χ2n) is 7.01. The molecule has 0 aliphatic rings. The van der Waals surface area contributed by atoms with Crippen LogP contribution in [0.2, 0.25) is 0 Å². The van der Waals surface area contributed by atoms with Gasteiger partial charge in [-0.1, -0.05) is 30.3 Å². The lowest BCUT2D eigenvalue weighted by atomic mass is 9.99. The van der Waals surface area contributed by atoms with Crippen LogP contribution in [0.25, 0.3) is 16.9 Å². The summed E-state index contributed by atoms with van der Waals surface area (Å²) in [5.41, 5.74) is 1.52. The highest BCUT2D eigenvalue weighted by Crippen LogP contribution is 2.44. The van der Waals surface area contributed by atoms with Crippen molar-refractivity contribution in [2.75, 3.05) is 7.11 Å². The number of methoxy groups -OCH3 is 1. The van der Waals surface area contributed by atoms with Gasteiger partial charge in [0.15, 0.2) is 11.5 Å². The zero-order chi connectivity index (χ0) is 22.8. The van der Waals surface area contributed by atoms with Gasteiger partial charge in [-0.25, -0.2) is 4.79 Å². The van der Waals surface area contributed by atoms with Crippen molar-refractivity contribution in [3.05, 3.63) is 95.6 Å². The Morgan fingerprint density at radius 3 is 2.00 bits per heavy atom. The second kappa shape index (κ2) is 8.31. The van der Waals surface area contributed by atoms with Crippen molar-refractivity contribution in [3.63, 3.8) is 0 Å². The van der Waals surface area contributed by atoms with E-state index in [1.54, 1.807) is 54.6 Å². The summed E-state index contributed by atoms with van der Waals surface area (Å²) in [6.45, 7) is 0. The molecule has 0 unspecified atom stereocenters. The van der Waals surface area contributed by atoms with E-state index in [0.29, 0.717) is 22.6 Å². The molecule has 4 aromatic rings. The third kappa shape index (κ3) is 3.56. The molecule has 0 bridgehead atoms. The monoisotopic (exact) mass is 429 g/mol.